The summed E-state index contributed by atoms with van der Waals surface area (Å²) in [6.07, 6.45) is 9.83. The van der Waals surface area contributed by atoms with Crippen LogP contribution in [0.2, 0.25) is 0 Å². The highest BCUT2D eigenvalue weighted by Gasteiger charge is 2.10. The fourth-order valence-corrected chi connectivity index (χ4v) is 5.42. The topological polar surface area (TPSA) is 87.7 Å². The molecule has 154 valence electrons. The predicted octanol–water partition coefficient (Wildman–Crippen LogP) is 3.81. The SMILES string of the molecule is O=C(O)CCCCCn1c(O)c(/C=c2/cn/c(=c3/ccc4c(c3)C=CN=4)s2)sc1=S. The average molecular weight is 458 g/mol. The Labute approximate surface area is 185 Å². The zero-order valence-electron chi connectivity index (χ0n) is 15.9. The van der Waals surface area contributed by atoms with Crippen molar-refractivity contribution in [1.82, 2.24) is 9.55 Å². The highest BCUT2D eigenvalue weighted by atomic mass is 32.1. The van der Waals surface area contributed by atoms with E-state index in [2.05, 4.69) is 16.0 Å². The number of thiazole rings is 2. The monoisotopic (exact) mass is 457 g/mol. The number of hydrogen-bond donors (Lipinski definition) is 2. The Bertz CT molecular complexity index is 1400. The van der Waals surface area contributed by atoms with Crippen molar-refractivity contribution in [3.8, 4) is 5.88 Å². The maximum absolute atomic E-state index is 10.6. The van der Waals surface area contributed by atoms with E-state index >= 15 is 0 Å². The molecule has 1 aromatic carbocycles. The second kappa shape index (κ2) is 9.03. The summed E-state index contributed by atoms with van der Waals surface area (Å²) in [5.41, 5.74) is 1.09. The molecule has 0 bridgehead atoms. The van der Waals surface area contributed by atoms with Crippen molar-refractivity contribution in [3.05, 3.63) is 64.8 Å². The lowest BCUT2D eigenvalue weighted by atomic mass is 10.2. The minimum absolute atomic E-state index is 0.155. The van der Waals surface area contributed by atoms with E-state index in [1.165, 1.54) is 11.3 Å². The Morgan fingerprint density at radius 3 is 2.93 bits per heavy atom. The van der Waals surface area contributed by atoms with Gasteiger partial charge in [-0.25, -0.2) is 4.98 Å². The number of carbonyl (C=O) groups is 1. The molecule has 30 heavy (non-hydrogen) atoms. The lowest BCUT2D eigenvalue weighted by molar-refractivity contribution is -0.137. The first kappa shape index (κ1) is 20.6. The summed E-state index contributed by atoms with van der Waals surface area (Å²) in [4.78, 5) is 20.1. The summed E-state index contributed by atoms with van der Waals surface area (Å²) in [7, 11) is 0. The minimum atomic E-state index is -0.780. The van der Waals surface area contributed by atoms with Gasteiger partial charge in [0.1, 0.15) is 4.66 Å². The number of hydrogen-bond acceptors (Lipinski definition) is 7. The smallest absolute Gasteiger partial charge is 0.303 e. The van der Waals surface area contributed by atoms with E-state index in [1.54, 1.807) is 28.3 Å². The van der Waals surface area contributed by atoms with Crippen molar-refractivity contribution < 1.29 is 15.0 Å². The number of rotatable bonds is 7. The van der Waals surface area contributed by atoms with Crippen LogP contribution < -0.4 is 9.89 Å². The second-order valence-corrected chi connectivity index (χ2v) is 9.58. The van der Waals surface area contributed by atoms with Gasteiger partial charge in [0.25, 0.3) is 0 Å². The number of carboxylic acid groups (broad SMARTS) is 1. The van der Waals surface area contributed by atoms with Gasteiger partial charge in [-0.3, -0.25) is 14.4 Å². The highest BCUT2D eigenvalue weighted by Crippen LogP contribution is 2.27. The molecule has 0 spiro atoms. The summed E-state index contributed by atoms with van der Waals surface area (Å²) >= 11 is 8.32. The second-order valence-electron chi connectivity index (χ2n) is 6.84. The lowest BCUT2D eigenvalue weighted by Crippen LogP contribution is -2.00. The Morgan fingerprint density at radius 1 is 1.23 bits per heavy atom. The molecule has 0 saturated heterocycles. The van der Waals surface area contributed by atoms with Crippen LogP contribution in [0.1, 0.15) is 36.1 Å². The number of unbranched alkanes of at least 4 members (excludes halogenated alkanes) is 2. The van der Waals surface area contributed by atoms with Crippen LogP contribution in [0.25, 0.3) is 12.2 Å². The summed E-state index contributed by atoms with van der Waals surface area (Å²) in [6, 6.07) is 6.08. The standard InChI is InChI=1S/C21H19N3O3S3/c25-18(26)4-2-1-3-9-24-20(27)17(30-21(24)28)11-15-12-23-19(29-15)14-5-6-16-13(10-14)7-8-22-16/h5-8,10-12,27H,1-4,9H2,(H,25,26)/b15-11-,19-14+. The van der Waals surface area contributed by atoms with Crippen LogP contribution in [0.3, 0.4) is 0 Å². The first-order chi connectivity index (χ1) is 14.5. The summed E-state index contributed by atoms with van der Waals surface area (Å²) < 4.78 is 4.16. The molecule has 0 amide bonds. The molecule has 3 heterocycles. The molecule has 3 aromatic rings. The van der Waals surface area contributed by atoms with Crippen LogP contribution in [0.5, 0.6) is 5.88 Å². The van der Waals surface area contributed by atoms with Gasteiger partial charge in [0, 0.05) is 40.7 Å². The molecule has 0 fully saturated rings. The maximum Gasteiger partial charge on any atom is 0.303 e. The van der Waals surface area contributed by atoms with E-state index in [-0.39, 0.29) is 12.3 Å². The van der Waals surface area contributed by atoms with Gasteiger partial charge < -0.3 is 10.2 Å². The molecule has 1 aliphatic rings. The van der Waals surface area contributed by atoms with Crippen LogP contribution in [0.15, 0.2) is 35.6 Å². The third-order valence-electron chi connectivity index (χ3n) is 4.71. The zero-order chi connectivity index (χ0) is 21.1. The molecule has 6 nitrogen and oxygen atoms in total. The number of nitrogens with zero attached hydrogens (tertiary/aromatic N) is 3. The van der Waals surface area contributed by atoms with Gasteiger partial charge >= 0.3 is 5.97 Å². The number of fused-ring (bicyclic) bond motifs is 1. The average Bonchev–Trinajstić information content (AvgIpc) is 3.43. The van der Waals surface area contributed by atoms with Crippen molar-refractivity contribution in [2.75, 3.05) is 0 Å². The van der Waals surface area contributed by atoms with Gasteiger partial charge in [0.15, 0.2) is 3.95 Å². The Balaban J connectivity index is 1.57. The van der Waals surface area contributed by atoms with E-state index in [0.29, 0.717) is 21.8 Å². The number of benzene rings is 1. The molecule has 2 aromatic heterocycles. The van der Waals surface area contributed by atoms with Gasteiger partial charge in [-0.1, -0.05) is 6.42 Å². The zero-order valence-corrected chi connectivity index (χ0v) is 18.4. The number of aromatic nitrogens is 2. The van der Waals surface area contributed by atoms with Crippen LogP contribution in [-0.4, -0.2) is 25.7 Å². The third-order valence-corrected chi connectivity index (χ3v) is 7.08. The normalized spacial score (nSPS) is 14.1. The Hall–Kier alpha value is -2.62. The van der Waals surface area contributed by atoms with Crippen molar-refractivity contribution in [1.29, 1.82) is 0 Å². The lowest BCUT2D eigenvalue weighted by Gasteiger charge is -2.04. The molecular formula is C21H19N3O3S3. The quantitative estimate of drug-likeness (QED) is 0.416. The fourth-order valence-electron chi connectivity index (χ4n) is 3.18. The Morgan fingerprint density at radius 2 is 2.10 bits per heavy atom. The molecule has 2 N–H and O–H groups in total. The van der Waals surface area contributed by atoms with Crippen molar-refractivity contribution >= 4 is 53.0 Å². The summed E-state index contributed by atoms with van der Waals surface area (Å²) in [5.74, 6) is -0.625. The van der Waals surface area contributed by atoms with E-state index in [0.717, 1.165) is 38.2 Å². The summed E-state index contributed by atoms with van der Waals surface area (Å²) in [6.45, 7) is 0.580. The number of aromatic hydroxyl groups is 1. The maximum atomic E-state index is 10.6. The highest BCUT2D eigenvalue weighted by molar-refractivity contribution is 7.73. The van der Waals surface area contributed by atoms with Crippen LogP contribution in [-0.2, 0) is 11.3 Å². The Kier molecular flexibility index (Phi) is 6.21. The molecule has 0 atom stereocenters. The van der Waals surface area contributed by atoms with Crippen LogP contribution >= 0.6 is 34.9 Å². The third kappa shape index (κ3) is 4.58. The van der Waals surface area contributed by atoms with Crippen molar-refractivity contribution in [3.63, 3.8) is 0 Å². The first-order valence-electron chi connectivity index (χ1n) is 9.48. The molecule has 4 rings (SSSR count). The minimum Gasteiger partial charge on any atom is -0.493 e. The van der Waals surface area contributed by atoms with Gasteiger partial charge in [-0.15, -0.1) is 22.7 Å². The molecule has 1 aliphatic heterocycles. The van der Waals surface area contributed by atoms with Crippen molar-refractivity contribution in [2.24, 2.45) is 4.99 Å². The van der Waals surface area contributed by atoms with E-state index in [9.17, 15) is 9.90 Å². The molecule has 0 aliphatic carbocycles. The van der Waals surface area contributed by atoms with Gasteiger partial charge in [-0.2, -0.15) is 0 Å². The molecular weight excluding hydrogens is 438 g/mol. The van der Waals surface area contributed by atoms with Gasteiger partial charge in [-0.05, 0) is 55.4 Å². The predicted molar refractivity (Wildman–Crippen MR) is 121 cm³/mol. The van der Waals surface area contributed by atoms with Crippen molar-refractivity contribution in [2.45, 2.75) is 32.2 Å². The van der Waals surface area contributed by atoms with Gasteiger partial charge in [0.2, 0.25) is 5.88 Å². The molecule has 0 unspecified atom stereocenters. The van der Waals surface area contributed by atoms with Crippen LogP contribution in [0, 0.1) is 13.8 Å². The van der Waals surface area contributed by atoms with E-state index in [4.69, 9.17) is 17.3 Å². The molecule has 9 heteroatoms. The van der Waals surface area contributed by atoms with Gasteiger partial charge in [0.05, 0.1) is 10.2 Å². The van der Waals surface area contributed by atoms with E-state index in [1.807, 2.05) is 24.3 Å². The number of aliphatic carboxylic acids is 1. The molecule has 0 radical (unpaired) electrons. The fraction of sp³-hybridized carbons (Fsp3) is 0.238. The largest absolute Gasteiger partial charge is 0.493 e. The van der Waals surface area contributed by atoms with Crippen LogP contribution in [0.4, 0.5) is 0 Å². The first-order valence-corrected chi connectivity index (χ1v) is 11.5. The summed E-state index contributed by atoms with van der Waals surface area (Å²) in [5, 5.41) is 21.3. The van der Waals surface area contributed by atoms with E-state index < -0.39 is 5.97 Å². The number of carboxylic acids is 1. The molecule has 0 saturated carbocycles.